The number of amides is 1. The van der Waals surface area contributed by atoms with E-state index in [1.54, 1.807) is 7.11 Å². The molecule has 0 atom stereocenters. The van der Waals surface area contributed by atoms with Crippen molar-refractivity contribution in [1.82, 2.24) is 5.32 Å². The van der Waals surface area contributed by atoms with Gasteiger partial charge in [-0.3, -0.25) is 4.79 Å². The van der Waals surface area contributed by atoms with E-state index in [4.69, 9.17) is 4.74 Å². The third kappa shape index (κ3) is 4.04. The van der Waals surface area contributed by atoms with E-state index in [-0.39, 0.29) is 11.5 Å². The second-order valence-electron chi connectivity index (χ2n) is 4.44. The number of benzene rings is 2. The summed E-state index contributed by atoms with van der Waals surface area (Å²) in [7, 11) is 1.61. The Morgan fingerprint density at radius 1 is 1.29 bits per heavy atom. The van der Waals surface area contributed by atoms with E-state index < -0.39 is 5.82 Å². The Hall–Kier alpha value is -1.88. The highest BCUT2D eigenvalue weighted by Crippen LogP contribution is 2.19. The van der Waals surface area contributed by atoms with Crippen LogP contribution in [-0.4, -0.2) is 19.6 Å². The Morgan fingerprint density at radius 2 is 2.05 bits per heavy atom. The normalized spacial score (nSPS) is 10.2. The lowest BCUT2D eigenvalue weighted by Gasteiger charge is -2.10. The van der Waals surface area contributed by atoms with E-state index in [0.29, 0.717) is 17.4 Å². The molecule has 0 aliphatic rings. The molecule has 0 saturated heterocycles. The number of carbonyl (C=O) groups is 1. The number of methoxy groups -OCH3 is 1. The van der Waals surface area contributed by atoms with Gasteiger partial charge in [-0.1, -0.05) is 18.2 Å². The van der Waals surface area contributed by atoms with Crippen molar-refractivity contribution in [3.05, 3.63) is 63.9 Å². The minimum absolute atomic E-state index is 0.287. The van der Waals surface area contributed by atoms with Crippen LogP contribution in [0.2, 0.25) is 0 Å². The van der Waals surface area contributed by atoms with Gasteiger partial charge in [0.05, 0.1) is 12.7 Å². The van der Waals surface area contributed by atoms with Gasteiger partial charge < -0.3 is 10.1 Å². The van der Waals surface area contributed by atoms with E-state index in [1.807, 2.05) is 24.3 Å². The van der Waals surface area contributed by atoms with Crippen molar-refractivity contribution in [2.45, 2.75) is 6.42 Å². The third-order valence-electron chi connectivity index (χ3n) is 3.05. The SMILES string of the molecule is COc1ccccc1CCNC(=O)c1cc(F)ccc1Br. The van der Waals surface area contributed by atoms with Gasteiger partial charge in [0.2, 0.25) is 0 Å². The Kier molecular flexibility index (Phi) is 5.33. The predicted molar refractivity (Wildman–Crippen MR) is 83.1 cm³/mol. The van der Waals surface area contributed by atoms with Crippen LogP contribution in [0, 0.1) is 5.82 Å². The summed E-state index contributed by atoms with van der Waals surface area (Å²) >= 11 is 3.24. The first-order valence-corrected chi connectivity index (χ1v) is 7.26. The molecule has 0 saturated carbocycles. The van der Waals surface area contributed by atoms with Gasteiger partial charge in [0.15, 0.2) is 0 Å². The van der Waals surface area contributed by atoms with Gasteiger partial charge in [0.25, 0.3) is 5.91 Å². The van der Waals surface area contributed by atoms with E-state index in [2.05, 4.69) is 21.2 Å². The molecule has 0 fully saturated rings. The van der Waals surface area contributed by atoms with Crippen LogP contribution in [0.15, 0.2) is 46.9 Å². The first-order valence-electron chi connectivity index (χ1n) is 6.47. The number of para-hydroxylation sites is 1. The van der Waals surface area contributed by atoms with Crippen molar-refractivity contribution in [1.29, 1.82) is 0 Å². The zero-order valence-electron chi connectivity index (χ0n) is 11.5. The summed E-state index contributed by atoms with van der Waals surface area (Å²) in [6.07, 6.45) is 0.642. The van der Waals surface area contributed by atoms with Crippen molar-refractivity contribution in [2.24, 2.45) is 0 Å². The van der Waals surface area contributed by atoms with Crippen LogP contribution < -0.4 is 10.1 Å². The number of hydrogen-bond donors (Lipinski definition) is 1. The molecule has 0 unspecified atom stereocenters. The first kappa shape index (κ1) is 15.5. The second kappa shape index (κ2) is 7.22. The van der Waals surface area contributed by atoms with E-state index >= 15 is 0 Å². The lowest BCUT2D eigenvalue weighted by atomic mass is 10.1. The fourth-order valence-corrected chi connectivity index (χ4v) is 2.41. The topological polar surface area (TPSA) is 38.3 Å². The smallest absolute Gasteiger partial charge is 0.252 e. The molecule has 0 heterocycles. The second-order valence-corrected chi connectivity index (χ2v) is 5.30. The van der Waals surface area contributed by atoms with Crippen LogP contribution in [0.25, 0.3) is 0 Å². The monoisotopic (exact) mass is 351 g/mol. The highest BCUT2D eigenvalue weighted by molar-refractivity contribution is 9.10. The molecule has 2 aromatic carbocycles. The van der Waals surface area contributed by atoms with Crippen LogP contribution in [0.5, 0.6) is 5.75 Å². The van der Waals surface area contributed by atoms with Gasteiger partial charge in [-0.15, -0.1) is 0 Å². The molecule has 0 aliphatic carbocycles. The van der Waals surface area contributed by atoms with E-state index in [1.165, 1.54) is 18.2 Å². The van der Waals surface area contributed by atoms with Gasteiger partial charge in [0.1, 0.15) is 11.6 Å². The Balaban J connectivity index is 1.97. The minimum atomic E-state index is -0.437. The van der Waals surface area contributed by atoms with Gasteiger partial charge in [0, 0.05) is 11.0 Å². The highest BCUT2D eigenvalue weighted by Gasteiger charge is 2.11. The van der Waals surface area contributed by atoms with Crippen molar-refractivity contribution in [3.8, 4) is 5.75 Å². The largest absolute Gasteiger partial charge is 0.496 e. The quantitative estimate of drug-likeness (QED) is 0.894. The maximum absolute atomic E-state index is 13.2. The molecule has 21 heavy (non-hydrogen) atoms. The zero-order valence-corrected chi connectivity index (χ0v) is 13.1. The van der Waals surface area contributed by atoms with Crippen molar-refractivity contribution < 1.29 is 13.9 Å². The predicted octanol–water partition coefficient (Wildman–Crippen LogP) is 3.57. The molecule has 5 heteroatoms. The maximum Gasteiger partial charge on any atom is 0.252 e. The number of halogens is 2. The molecule has 2 rings (SSSR count). The minimum Gasteiger partial charge on any atom is -0.496 e. The molecular formula is C16H15BrFNO2. The Bertz CT molecular complexity index is 646. The van der Waals surface area contributed by atoms with E-state index in [9.17, 15) is 9.18 Å². The molecule has 3 nitrogen and oxygen atoms in total. The summed E-state index contributed by atoms with van der Waals surface area (Å²) in [4.78, 5) is 12.0. The van der Waals surface area contributed by atoms with Crippen LogP contribution in [0.1, 0.15) is 15.9 Å². The number of ether oxygens (including phenoxy) is 1. The summed E-state index contributed by atoms with van der Waals surface area (Å²) in [5.74, 6) is 0.0445. The molecule has 1 amide bonds. The van der Waals surface area contributed by atoms with Crippen molar-refractivity contribution in [2.75, 3.05) is 13.7 Å². The van der Waals surface area contributed by atoms with Crippen molar-refractivity contribution >= 4 is 21.8 Å². The number of carbonyl (C=O) groups excluding carboxylic acids is 1. The van der Waals surface area contributed by atoms with Gasteiger partial charge in [-0.2, -0.15) is 0 Å². The fourth-order valence-electron chi connectivity index (χ4n) is 1.99. The maximum atomic E-state index is 13.2. The van der Waals surface area contributed by atoms with Crippen LogP contribution in [-0.2, 0) is 6.42 Å². The van der Waals surface area contributed by atoms with Gasteiger partial charge in [-0.25, -0.2) is 4.39 Å². The number of hydrogen-bond acceptors (Lipinski definition) is 2. The van der Waals surface area contributed by atoms with Crippen LogP contribution >= 0.6 is 15.9 Å². The Labute approximate surface area is 131 Å². The molecule has 0 radical (unpaired) electrons. The number of rotatable bonds is 5. The molecule has 0 spiro atoms. The standard InChI is InChI=1S/C16H15BrFNO2/c1-21-15-5-3-2-4-11(15)8-9-19-16(20)13-10-12(18)6-7-14(13)17/h2-7,10H,8-9H2,1H3,(H,19,20). The van der Waals surface area contributed by atoms with Crippen LogP contribution in [0.3, 0.4) is 0 Å². The summed E-state index contributed by atoms with van der Waals surface area (Å²) in [6.45, 7) is 0.447. The van der Waals surface area contributed by atoms with E-state index in [0.717, 1.165) is 11.3 Å². The summed E-state index contributed by atoms with van der Waals surface area (Å²) in [5, 5.41) is 2.78. The Morgan fingerprint density at radius 3 is 2.81 bits per heavy atom. The summed E-state index contributed by atoms with van der Waals surface area (Å²) in [6, 6.07) is 11.7. The zero-order chi connectivity index (χ0) is 15.2. The third-order valence-corrected chi connectivity index (χ3v) is 3.74. The van der Waals surface area contributed by atoms with Gasteiger partial charge >= 0.3 is 0 Å². The average Bonchev–Trinajstić information content (AvgIpc) is 2.50. The molecule has 1 N–H and O–H groups in total. The molecule has 110 valence electrons. The fraction of sp³-hybridized carbons (Fsp3) is 0.188. The average molecular weight is 352 g/mol. The van der Waals surface area contributed by atoms with Gasteiger partial charge in [-0.05, 0) is 52.2 Å². The van der Waals surface area contributed by atoms with Crippen molar-refractivity contribution in [3.63, 3.8) is 0 Å². The number of nitrogens with one attached hydrogen (secondary N) is 1. The molecular weight excluding hydrogens is 337 g/mol. The lowest BCUT2D eigenvalue weighted by Crippen LogP contribution is -2.26. The lowest BCUT2D eigenvalue weighted by molar-refractivity contribution is 0.0953. The molecule has 0 aliphatic heterocycles. The van der Waals surface area contributed by atoms with Crippen LogP contribution in [0.4, 0.5) is 4.39 Å². The molecule has 2 aromatic rings. The molecule has 0 bridgehead atoms. The first-order chi connectivity index (χ1) is 10.1. The highest BCUT2D eigenvalue weighted by atomic mass is 79.9. The summed E-state index contributed by atoms with van der Waals surface area (Å²) < 4.78 is 19.0. The summed E-state index contributed by atoms with van der Waals surface area (Å²) in [5.41, 5.74) is 1.30. The molecule has 0 aromatic heterocycles.